The maximum atomic E-state index is 12.5. The van der Waals surface area contributed by atoms with E-state index in [-0.39, 0.29) is 22.5 Å². The number of hydrogen-bond donors (Lipinski definition) is 1. The Morgan fingerprint density at radius 1 is 0.903 bits per heavy atom. The zero-order valence-corrected chi connectivity index (χ0v) is 16.7. The Hall–Kier alpha value is -4.04. The van der Waals surface area contributed by atoms with Crippen LogP contribution in [0.1, 0.15) is 31.1 Å². The molecule has 156 valence electrons. The third-order valence-electron chi connectivity index (χ3n) is 4.24. The minimum atomic E-state index is -0.790. The molecule has 1 N–H and O–H groups in total. The smallest absolute Gasteiger partial charge is 0.340 e. The number of para-hydroxylation sites is 1. The second-order valence-electron chi connectivity index (χ2n) is 6.31. The van der Waals surface area contributed by atoms with Crippen molar-refractivity contribution in [3.8, 4) is 0 Å². The van der Waals surface area contributed by atoms with E-state index in [2.05, 4.69) is 5.32 Å². The van der Waals surface area contributed by atoms with Crippen LogP contribution in [0.5, 0.6) is 0 Å². The van der Waals surface area contributed by atoms with Crippen LogP contribution >= 0.6 is 11.6 Å². The van der Waals surface area contributed by atoms with Crippen molar-refractivity contribution < 1.29 is 24.0 Å². The van der Waals surface area contributed by atoms with E-state index in [0.717, 1.165) is 0 Å². The standard InChI is InChI=1S/C22H15ClN2O6/c23-16-9-5-14(6-10-16)20(26)13-31-22(28)18-3-1-2-4-19(18)24-21(27)15-7-11-17(12-8-15)25(29)30/h1-12H,13H2,(H,24,27). The topological polar surface area (TPSA) is 116 Å². The van der Waals surface area contributed by atoms with Gasteiger partial charge in [-0.3, -0.25) is 19.7 Å². The Balaban J connectivity index is 1.68. The maximum Gasteiger partial charge on any atom is 0.340 e. The van der Waals surface area contributed by atoms with E-state index in [1.807, 2.05) is 0 Å². The summed E-state index contributed by atoms with van der Waals surface area (Å²) in [7, 11) is 0. The molecule has 9 heteroatoms. The van der Waals surface area contributed by atoms with Crippen molar-refractivity contribution in [1.82, 2.24) is 0 Å². The Kier molecular flexibility index (Phi) is 6.74. The first-order chi connectivity index (χ1) is 14.8. The number of nitro groups is 1. The van der Waals surface area contributed by atoms with Crippen molar-refractivity contribution in [2.45, 2.75) is 0 Å². The zero-order valence-electron chi connectivity index (χ0n) is 15.9. The normalized spacial score (nSPS) is 10.2. The summed E-state index contributed by atoms with van der Waals surface area (Å²) in [6, 6.07) is 17.3. The molecule has 3 aromatic carbocycles. The average molecular weight is 439 g/mol. The molecular formula is C22H15ClN2O6. The highest BCUT2D eigenvalue weighted by Gasteiger charge is 2.17. The average Bonchev–Trinajstić information content (AvgIpc) is 2.78. The molecule has 0 fully saturated rings. The van der Waals surface area contributed by atoms with E-state index in [1.165, 1.54) is 48.5 Å². The quantitative estimate of drug-likeness (QED) is 0.250. The molecule has 0 saturated carbocycles. The van der Waals surface area contributed by atoms with Gasteiger partial charge in [0.2, 0.25) is 0 Å². The lowest BCUT2D eigenvalue weighted by atomic mass is 10.1. The lowest BCUT2D eigenvalue weighted by molar-refractivity contribution is -0.384. The molecule has 0 saturated heterocycles. The lowest BCUT2D eigenvalue weighted by Gasteiger charge is -2.11. The van der Waals surface area contributed by atoms with Gasteiger partial charge in [-0.05, 0) is 48.5 Å². The number of halogens is 1. The summed E-state index contributed by atoms with van der Waals surface area (Å²) in [5.74, 6) is -1.76. The molecule has 0 aliphatic heterocycles. The van der Waals surface area contributed by atoms with Crippen LogP contribution < -0.4 is 5.32 Å². The Morgan fingerprint density at radius 2 is 1.52 bits per heavy atom. The Morgan fingerprint density at radius 3 is 2.16 bits per heavy atom. The monoisotopic (exact) mass is 438 g/mol. The summed E-state index contributed by atoms with van der Waals surface area (Å²) in [6.07, 6.45) is 0. The molecule has 0 unspecified atom stereocenters. The molecule has 8 nitrogen and oxygen atoms in total. The minimum Gasteiger partial charge on any atom is -0.454 e. The minimum absolute atomic E-state index is 0.0571. The van der Waals surface area contributed by atoms with Crippen molar-refractivity contribution >= 4 is 40.6 Å². The third kappa shape index (κ3) is 5.52. The van der Waals surface area contributed by atoms with Crippen LogP contribution in [0.15, 0.2) is 72.8 Å². The summed E-state index contributed by atoms with van der Waals surface area (Å²) < 4.78 is 5.10. The third-order valence-corrected chi connectivity index (χ3v) is 4.49. The van der Waals surface area contributed by atoms with Gasteiger partial charge in [-0.2, -0.15) is 0 Å². The summed E-state index contributed by atoms with van der Waals surface area (Å²) in [5, 5.41) is 13.8. The van der Waals surface area contributed by atoms with Gasteiger partial charge in [-0.15, -0.1) is 0 Å². The molecule has 0 spiro atoms. The highest BCUT2D eigenvalue weighted by Crippen LogP contribution is 2.19. The van der Waals surface area contributed by atoms with Crippen LogP contribution in [0.3, 0.4) is 0 Å². The number of ketones is 1. The number of nitrogens with one attached hydrogen (secondary N) is 1. The number of Topliss-reactive ketones (excluding diaryl/α,β-unsaturated/α-hetero) is 1. The lowest BCUT2D eigenvalue weighted by Crippen LogP contribution is -2.18. The highest BCUT2D eigenvalue weighted by atomic mass is 35.5. The number of benzene rings is 3. The number of amides is 1. The highest BCUT2D eigenvalue weighted by molar-refractivity contribution is 6.30. The molecule has 1 amide bonds. The van der Waals surface area contributed by atoms with Crippen LogP contribution in [0, 0.1) is 10.1 Å². The van der Waals surface area contributed by atoms with Crippen LogP contribution in [-0.2, 0) is 4.74 Å². The van der Waals surface area contributed by atoms with E-state index < -0.39 is 29.2 Å². The number of anilines is 1. The van der Waals surface area contributed by atoms with Gasteiger partial charge in [0.15, 0.2) is 12.4 Å². The van der Waals surface area contributed by atoms with Crippen molar-refractivity contribution in [3.63, 3.8) is 0 Å². The predicted octanol–water partition coefficient (Wildman–Crippen LogP) is 4.54. The van der Waals surface area contributed by atoms with E-state index in [9.17, 15) is 24.5 Å². The molecule has 0 aliphatic carbocycles. The van der Waals surface area contributed by atoms with E-state index in [0.29, 0.717) is 10.6 Å². The SMILES string of the molecule is O=C(COC(=O)c1ccccc1NC(=O)c1ccc([N+](=O)[O-])cc1)c1ccc(Cl)cc1. The number of esters is 1. The fourth-order valence-electron chi connectivity index (χ4n) is 2.63. The second kappa shape index (κ2) is 9.64. The zero-order chi connectivity index (χ0) is 22.4. The molecule has 0 aromatic heterocycles. The van der Waals surface area contributed by atoms with Crippen molar-refractivity contribution in [1.29, 1.82) is 0 Å². The first kappa shape index (κ1) is 21.7. The van der Waals surface area contributed by atoms with Crippen molar-refractivity contribution in [2.24, 2.45) is 0 Å². The number of nitrogens with zero attached hydrogens (tertiary/aromatic N) is 1. The Labute approximate surface area is 181 Å². The molecule has 0 aliphatic rings. The summed E-state index contributed by atoms with van der Waals surface area (Å²) in [4.78, 5) is 47.3. The van der Waals surface area contributed by atoms with E-state index >= 15 is 0 Å². The molecular weight excluding hydrogens is 424 g/mol. The van der Waals surface area contributed by atoms with Gasteiger partial charge in [0.1, 0.15) is 0 Å². The van der Waals surface area contributed by atoms with Crippen LogP contribution in [0.25, 0.3) is 0 Å². The molecule has 0 atom stereocenters. The predicted molar refractivity (Wildman–Crippen MR) is 114 cm³/mol. The van der Waals surface area contributed by atoms with Crippen molar-refractivity contribution in [2.75, 3.05) is 11.9 Å². The second-order valence-corrected chi connectivity index (χ2v) is 6.75. The van der Waals surface area contributed by atoms with E-state index in [4.69, 9.17) is 16.3 Å². The number of hydrogen-bond acceptors (Lipinski definition) is 6. The summed E-state index contributed by atoms with van der Waals surface area (Å²) in [6.45, 7) is -0.481. The molecule has 0 radical (unpaired) electrons. The first-order valence-electron chi connectivity index (χ1n) is 8.96. The molecule has 31 heavy (non-hydrogen) atoms. The summed E-state index contributed by atoms with van der Waals surface area (Å²) in [5.41, 5.74) is 0.603. The number of rotatable bonds is 7. The Bertz CT molecular complexity index is 1140. The van der Waals surface area contributed by atoms with Crippen LogP contribution in [0.4, 0.5) is 11.4 Å². The van der Waals surface area contributed by atoms with Gasteiger partial charge in [0.25, 0.3) is 11.6 Å². The van der Waals surface area contributed by atoms with Crippen LogP contribution in [0.2, 0.25) is 5.02 Å². The van der Waals surface area contributed by atoms with Gasteiger partial charge in [-0.25, -0.2) is 4.79 Å². The van der Waals surface area contributed by atoms with Gasteiger partial charge >= 0.3 is 5.97 Å². The molecule has 3 rings (SSSR count). The molecule has 3 aromatic rings. The maximum absolute atomic E-state index is 12.5. The molecule has 0 bridgehead atoms. The number of nitro benzene ring substituents is 1. The summed E-state index contributed by atoms with van der Waals surface area (Å²) >= 11 is 5.79. The number of carbonyl (C=O) groups excluding carboxylic acids is 3. The van der Waals surface area contributed by atoms with Gasteiger partial charge < -0.3 is 10.1 Å². The fraction of sp³-hybridized carbons (Fsp3) is 0.0455. The first-order valence-corrected chi connectivity index (χ1v) is 9.33. The number of non-ortho nitro benzene ring substituents is 1. The number of carbonyl (C=O) groups is 3. The number of ether oxygens (including phenoxy) is 1. The van der Waals surface area contributed by atoms with E-state index in [1.54, 1.807) is 24.3 Å². The van der Waals surface area contributed by atoms with Gasteiger partial charge in [-0.1, -0.05) is 23.7 Å². The largest absolute Gasteiger partial charge is 0.454 e. The fourth-order valence-corrected chi connectivity index (χ4v) is 2.75. The van der Waals surface area contributed by atoms with Crippen LogP contribution in [-0.4, -0.2) is 29.2 Å². The van der Waals surface area contributed by atoms with Crippen molar-refractivity contribution in [3.05, 3.63) is 105 Å². The van der Waals surface area contributed by atoms with Gasteiger partial charge in [0.05, 0.1) is 16.2 Å². The van der Waals surface area contributed by atoms with Gasteiger partial charge in [0, 0.05) is 28.3 Å². The molecule has 0 heterocycles.